The maximum Gasteiger partial charge on any atom is 0.266 e. The summed E-state index contributed by atoms with van der Waals surface area (Å²) in [6.07, 6.45) is 1.72. The maximum absolute atomic E-state index is 12.9. The summed E-state index contributed by atoms with van der Waals surface area (Å²) in [5.41, 5.74) is 3.14. The van der Waals surface area contributed by atoms with Crippen LogP contribution in [0.5, 0.6) is 0 Å². The molecule has 1 saturated heterocycles. The van der Waals surface area contributed by atoms with E-state index in [1.807, 2.05) is 84.9 Å². The molecule has 4 aromatic rings. The third-order valence-corrected chi connectivity index (χ3v) is 6.80. The van der Waals surface area contributed by atoms with Gasteiger partial charge in [0, 0.05) is 22.9 Å². The smallest absolute Gasteiger partial charge is 0.266 e. The van der Waals surface area contributed by atoms with E-state index in [9.17, 15) is 9.59 Å². The van der Waals surface area contributed by atoms with E-state index < -0.39 is 0 Å². The predicted octanol–water partition coefficient (Wildman–Crippen LogP) is 6.60. The molecule has 2 amide bonds. The molecule has 0 unspecified atom stereocenters. The van der Waals surface area contributed by atoms with Gasteiger partial charge in [0.2, 0.25) is 0 Å². The minimum Gasteiger partial charge on any atom is -0.457 e. The number of furan rings is 1. The quantitative estimate of drug-likeness (QED) is 0.241. The Labute approximate surface area is 212 Å². The molecular weight excluding hydrogens is 476 g/mol. The molecule has 1 aliphatic rings. The Morgan fingerprint density at radius 2 is 1.60 bits per heavy atom. The minimum absolute atomic E-state index is 0.129. The van der Waals surface area contributed by atoms with Crippen LogP contribution in [-0.4, -0.2) is 21.0 Å². The third kappa shape index (κ3) is 5.26. The van der Waals surface area contributed by atoms with Gasteiger partial charge in [-0.15, -0.1) is 0 Å². The largest absolute Gasteiger partial charge is 0.457 e. The van der Waals surface area contributed by atoms with E-state index in [2.05, 4.69) is 5.32 Å². The highest BCUT2D eigenvalue weighted by atomic mass is 32.2. The van der Waals surface area contributed by atoms with Gasteiger partial charge in [-0.05, 0) is 42.0 Å². The van der Waals surface area contributed by atoms with E-state index in [1.165, 1.54) is 11.8 Å². The second-order valence-corrected chi connectivity index (χ2v) is 9.53. The van der Waals surface area contributed by atoms with Gasteiger partial charge < -0.3 is 9.73 Å². The highest BCUT2D eigenvalue weighted by molar-refractivity contribution is 8.26. The van der Waals surface area contributed by atoms with E-state index in [0.717, 1.165) is 16.8 Å². The number of benzene rings is 3. The molecule has 172 valence electrons. The number of para-hydroxylation sites is 1. The summed E-state index contributed by atoms with van der Waals surface area (Å²) in [6, 6.07) is 29.9. The molecule has 0 atom stereocenters. The van der Waals surface area contributed by atoms with Crippen molar-refractivity contribution in [3.63, 3.8) is 0 Å². The number of nitrogens with zero attached hydrogens (tertiary/aromatic N) is 1. The van der Waals surface area contributed by atoms with Crippen LogP contribution in [-0.2, 0) is 11.3 Å². The van der Waals surface area contributed by atoms with Gasteiger partial charge >= 0.3 is 0 Å². The first-order chi connectivity index (χ1) is 17.1. The van der Waals surface area contributed by atoms with Gasteiger partial charge in [-0.3, -0.25) is 14.5 Å². The zero-order chi connectivity index (χ0) is 24.2. The number of rotatable bonds is 6. The number of amides is 2. The Kier molecular flexibility index (Phi) is 6.61. The van der Waals surface area contributed by atoms with Crippen LogP contribution in [0.4, 0.5) is 5.69 Å². The average Bonchev–Trinajstić information content (AvgIpc) is 3.46. The lowest BCUT2D eigenvalue weighted by molar-refractivity contribution is -0.122. The van der Waals surface area contributed by atoms with Crippen molar-refractivity contribution in [1.29, 1.82) is 0 Å². The summed E-state index contributed by atoms with van der Waals surface area (Å²) in [7, 11) is 0. The summed E-state index contributed by atoms with van der Waals surface area (Å²) < 4.78 is 6.49. The van der Waals surface area contributed by atoms with Crippen molar-refractivity contribution in [2.45, 2.75) is 6.54 Å². The lowest BCUT2D eigenvalue weighted by Gasteiger charge is -2.14. The van der Waals surface area contributed by atoms with Crippen molar-refractivity contribution in [3.05, 3.63) is 119 Å². The topological polar surface area (TPSA) is 62.6 Å². The summed E-state index contributed by atoms with van der Waals surface area (Å²) in [4.78, 5) is 27.5. The fourth-order valence-electron chi connectivity index (χ4n) is 3.63. The second-order valence-electron chi connectivity index (χ2n) is 7.85. The van der Waals surface area contributed by atoms with Crippen LogP contribution in [0.2, 0.25) is 0 Å². The molecule has 5 nitrogen and oxygen atoms in total. The van der Waals surface area contributed by atoms with Gasteiger partial charge in [0.15, 0.2) is 0 Å². The molecule has 1 fully saturated rings. The van der Waals surface area contributed by atoms with E-state index in [1.54, 1.807) is 23.1 Å². The Morgan fingerprint density at radius 1 is 0.914 bits per heavy atom. The fraction of sp³-hybridized carbons (Fsp3) is 0.0357. The second kappa shape index (κ2) is 10.1. The van der Waals surface area contributed by atoms with Gasteiger partial charge in [-0.2, -0.15) is 0 Å². The van der Waals surface area contributed by atoms with Crippen molar-refractivity contribution >= 4 is 51.9 Å². The van der Waals surface area contributed by atoms with Crippen LogP contribution < -0.4 is 5.32 Å². The van der Waals surface area contributed by atoms with Crippen molar-refractivity contribution in [3.8, 4) is 11.3 Å². The zero-order valence-corrected chi connectivity index (χ0v) is 20.1. The Balaban J connectivity index is 1.27. The van der Waals surface area contributed by atoms with Crippen LogP contribution in [0.3, 0.4) is 0 Å². The molecule has 1 N–H and O–H groups in total. The third-order valence-electron chi connectivity index (χ3n) is 5.42. The zero-order valence-electron chi connectivity index (χ0n) is 18.5. The van der Waals surface area contributed by atoms with E-state index in [0.29, 0.717) is 32.9 Å². The molecule has 0 aliphatic carbocycles. The number of thioether (sulfide) groups is 1. The normalized spacial score (nSPS) is 14.5. The van der Waals surface area contributed by atoms with Gasteiger partial charge in [0.1, 0.15) is 15.8 Å². The van der Waals surface area contributed by atoms with Crippen LogP contribution in [0.15, 0.2) is 106 Å². The van der Waals surface area contributed by atoms with Crippen LogP contribution in [0, 0.1) is 0 Å². The number of carbonyl (C=O) groups is 2. The molecule has 0 spiro atoms. The predicted molar refractivity (Wildman–Crippen MR) is 144 cm³/mol. The molecule has 1 aromatic heterocycles. The van der Waals surface area contributed by atoms with Gasteiger partial charge in [0.25, 0.3) is 11.8 Å². The fourth-order valence-corrected chi connectivity index (χ4v) is 4.86. The van der Waals surface area contributed by atoms with E-state index in [4.69, 9.17) is 16.6 Å². The maximum atomic E-state index is 12.9. The summed E-state index contributed by atoms with van der Waals surface area (Å²) in [6.45, 7) is 0.441. The highest BCUT2D eigenvalue weighted by Crippen LogP contribution is 2.34. The van der Waals surface area contributed by atoms with Crippen molar-refractivity contribution in [2.75, 3.05) is 5.32 Å². The number of hydrogen-bond acceptors (Lipinski definition) is 5. The molecule has 2 heterocycles. The van der Waals surface area contributed by atoms with Crippen molar-refractivity contribution < 1.29 is 14.0 Å². The lowest BCUT2D eigenvalue weighted by atomic mass is 10.1. The summed E-state index contributed by atoms with van der Waals surface area (Å²) in [5.74, 6) is 0.896. The molecule has 0 bridgehead atoms. The number of thiocarbonyl (C=S) groups is 1. The number of hydrogen-bond donors (Lipinski definition) is 1. The van der Waals surface area contributed by atoms with Crippen molar-refractivity contribution in [1.82, 2.24) is 4.90 Å². The number of anilines is 1. The van der Waals surface area contributed by atoms with Crippen LogP contribution >= 0.6 is 24.0 Å². The summed E-state index contributed by atoms with van der Waals surface area (Å²) >= 11 is 6.70. The average molecular weight is 497 g/mol. The van der Waals surface area contributed by atoms with E-state index in [-0.39, 0.29) is 11.8 Å². The number of nitrogens with one attached hydrogen (secondary N) is 1. The minimum atomic E-state index is -0.180. The summed E-state index contributed by atoms with van der Waals surface area (Å²) in [5, 5.41) is 2.87. The SMILES string of the molecule is O=C(Nc1ccccc1)c1ccc(-c2ccc(/C=C3\SC(=S)N(Cc4ccccc4)C3=O)o2)cc1. The molecule has 35 heavy (non-hydrogen) atoms. The molecule has 1 aliphatic heterocycles. The molecule has 7 heteroatoms. The standard InChI is InChI=1S/C28H20N2O3S2/c31-26(29-22-9-5-2-6-10-22)21-13-11-20(12-14-21)24-16-15-23(33-24)17-25-27(32)30(28(34)35-25)18-19-7-3-1-4-8-19/h1-17H,18H2,(H,29,31)/b25-17-. The highest BCUT2D eigenvalue weighted by Gasteiger charge is 2.32. The molecular formula is C28H20N2O3S2. The Hall–Kier alpha value is -3.94. The molecule has 3 aromatic carbocycles. The van der Waals surface area contributed by atoms with Crippen LogP contribution in [0.25, 0.3) is 17.4 Å². The number of carbonyl (C=O) groups excluding carboxylic acids is 2. The molecule has 0 saturated carbocycles. The first kappa shape index (κ1) is 22.8. The van der Waals surface area contributed by atoms with Crippen LogP contribution in [0.1, 0.15) is 21.7 Å². The Bertz CT molecular complexity index is 1410. The first-order valence-electron chi connectivity index (χ1n) is 10.9. The monoisotopic (exact) mass is 496 g/mol. The Morgan fingerprint density at radius 3 is 2.31 bits per heavy atom. The van der Waals surface area contributed by atoms with Gasteiger partial charge in [-0.1, -0.05) is 84.6 Å². The lowest BCUT2D eigenvalue weighted by Crippen LogP contribution is -2.27. The van der Waals surface area contributed by atoms with Gasteiger partial charge in [-0.25, -0.2) is 0 Å². The molecule has 5 rings (SSSR count). The van der Waals surface area contributed by atoms with E-state index >= 15 is 0 Å². The van der Waals surface area contributed by atoms with Gasteiger partial charge in [0.05, 0.1) is 11.4 Å². The first-order valence-corrected chi connectivity index (χ1v) is 12.2. The van der Waals surface area contributed by atoms with Crippen molar-refractivity contribution in [2.24, 2.45) is 0 Å². The molecule has 0 radical (unpaired) electrons.